The summed E-state index contributed by atoms with van der Waals surface area (Å²) in [4.78, 5) is 21.9. The molecule has 0 aromatic rings. The first-order valence-corrected chi connectivity index (χ1v) is 3.72. The molecule has 0 aromatic heterocycles. The third-order valence-electron chi connectivity index (χ3n) is 1.71. The van der Waals surface area contributed by atoms with Gasteiger partial charge < -0.3 is 10.6 Å². The van der Waals surface area contributed by atoms with Gasteiger partial charge in [0, 0.05) is 13.0 Å². The van der Waals surface area contributed by atoms with Crippen LogP contribution in [-0.2, 0) is 9.59 Å². The van der Waals surface area contributed by atoms with E-state index in [9.17, 15) is 9.59 Å². The molecule has 4 nitrogen and oxygen atoms in total. The maximum absolute atomic E-state index is 11.2. The summed E-state index contributed by atoms with van der Waals surface area (Å²) in [6.07, 6.45) is 5.23. The lowest BCUT2D eigenvalue weighted by Gasteiger charge is -2.05. The minimum absolute atomic E-state index is 0.0733. The number of terminal acetylenes is 1. The maximum Gasteiger partial charge on any atom is 0.226 e. The number of hydrogen-bond donors (Lipinski definition) is 2. The SMILES string of the molecule is C#CCNC(=O)C1CNC(=O)C1. The van der Waals surface area contributed by atoms with E-state index in [0.29, 0.717) is 6.54 Å². The summed E-state index contributed by atoms with van der Waals surface area (Å²) < 4.78 is 0. The Labute approximate surface area is 70.7 Å². The minimum atomic E-state index is -0.245. The third kappa shape index (κ3) is 1.99. The Morgan fingerprint density at radius 3 is 3.08 bits per heavy atom. The monoisotopic (exact) mass is 166 g/mol. The summed E-state index contributed by atoms with van der Waals surface area (Å²) in [5.74, 6) is 1.83. The first-order valence-electron chi connectivity index (χ1n) is 3.72. The maximum atomic E-state index is 11.2. The average Bonchev–Trinajstić information content (AvgIpc) is 2.47. The second-order valence-electron chi connectivity index (χ2n) is 2.63. The Kier molecular flexibility index (Phi) is 2.70. The first kappa shape index (κ1) is 8.60. The quantitative estimate of drug-likeness (QED) is 0.510. The van der Waals surface area contributed by atoms with Crippen molar-refractivity contribution < 1.29 is 9.59 Å². The van der Waals surface area contributed by atoms with Crippen molar-refractivity contribution in [1.82, 2.24) is 10.6 Å². The summed E-state index contributed by atoms with van der Waals surface area (Å²) in [6.45, 7) is 0.652. The van der Waals surface area contributed by atoms with Crippen LogP contribution >= 0.6 is 0 Å². The Balaban J connectivity index is 2.34. The van der Waals surface area contributed by atoms with Crippen LogP contribution in [-0.4, -0.2) is 24.9 Å². The fraction of sp³-hybridized carbons (Fsp3) is 0.500. The standard InChI is InChI=1S/C8H10N2O2/c1-2-3-9-8(12)6-4-7(11)10-5-6/h1,6H,3-5H2,(H,9,12)(H,10,11). The molecule has 0 saturated carbocycles. The molecule has 12 heavy (non-hydrogen) atoms. The Hall–Kier alpha value is -1.50. The van der Waals surface area contributed by atoms with Gasteiger partial charge in [0.1, 0.15) is 0 Å². The summed E-state index contributed by atoms with van der Waals surface area (Å²) in [5.41, 5.74) is 0. The van der Waals surface area contributed by atoms with E-state index < -0.39 is 0 Å². The van der Waals surface area contributed by atoms with Gasteiger partial charge in [-0.1, -0.05) is 5.92 Å². The minimum Gasteiger partial charge on any atom is -0.355 e. The molecule has 0 aliphatic carbocycles. The van der Waals surface area contributed by atoms with Gasteiger partial charge in [0.15, 0.2) is 0 Å². The second-order valence-corrected chi connectivity index (χ2v) is 2.63. The molecule has 64 valence electrons. The number of carbonyl (C=O) groups is 2. The number of rotatable bonds is 2. The fourth-order valence-corrected chi connectivity index (χ4v) is 1.07. The first-order chi connectivity index (χ1) is 5.74. The van der Waals surface area contributed by atoms with Crippen LogP contribution in [0.2, 0.25) is 0 Å². The smallest absolute Gasteiger partial charge is 0.226 e. The van der Waals surface area contributed by atoms with Gasteiger partial charge in [-0.05, 0) is 0 Å². The molecule has 1 atom stereocenters. The van der Waals surface area contributed by atoms with E-state index in [1.54, 1.807) is 0 Å². The van der Waals surface area contributed by atoms with Gasteiger partial charge in [-0.25, -0.2) is 0 Å². The Bertz CT molecular complexity index is 242. The zero-order valence-corrected chi connectivity index (χ0v) is 6.59. The van der Waals surface area contributed by atoms with Crippen LogP contribution in [0.25, 0.3) is 0 Å². The highest BCUT2D eigenvalue weighted by molar-refractivity contribution is 5.89. The van der Waals surface area contributed by atoms with Gasteiger partial charge >= 0.3 is 0 Å². The molecule has 1 fully saturated rings. The zero-order valence-electron chi connectivity index (χ0n) is 6.59. The van der Waals surface area contributed by atoms with Crippen LogP contribution in [0.5, 0.6) is 0 Å². The van der Waals surface area contributed by atoms with Gasteiger partial charge in [-0.3, -0.25) is 9.59 Å². The molecule has 0 aromatic carbocycles. The molecular formula is C8H10N2O2. The summed E-state index contributed by atoms with van der Waals surface area (Å²) >= 11 is 0. The van der Waals surface area contributed by atoms with Crippen molar-refractivity contribution in [1.29, 1.82) is 0 Å². The normalized spacial score (nSPS) is 21.2. The van der Waals surface area contributed by atoms with Crippen molar-refractivity contribution in [2.45, 2.75) is 6.42 Å². The predicted molar refractivity (Wildman–Crippen MR) is 43.0 cm³/mol. The zero-order chi connectivity index (χ0) is 8.97. The van der Waals surface area contributed by atoms with Crippen molar-refractivity contribution in [2.75, 3.05) is 13.1 Å². The molecule has 0 spiro atoms. The fourth-order valence-electron chi connectivity index (χ4n) is 1.07. The molecule has 2 N–H and O–H groups in total. The summed E-state index contributed by atoms with van der Waals surface area (Å²) in [7, 11) is 0. The molecule has 4 heteroatoms. The third-order valence-corrected chi connectivity index (χ3v) is 1.71. The molecule has 1 heterocycles. The van der Waals surface area contributed by atoms with Gasteiger partial charge in [-0.2, -0.15) is 0 Å². The average molecular weight is 166 g/mol. The molecule has 1 aliphatic rings. The molecule has 1 aliphatic heterocycles. The second kappa shape index (κ2) is 3.77. The van der Waals surface area contributed by atoms with Crippen molar-refractivity contribution in [3.63, 3.8) is 0 Å². The van der Waals surface area contributed by atoms with Crippen molar-refractivity contribution in [3.05, 3.63) is 0 Å². The van der Waals surface area contributed by atoms with Crippen molar-refractivity contribution in [2.24, 2.45) is 5.92 Å². The van der Waals surface area contributed by atoms with Crippen LogP contribution in [0, 0.1) is 18.3 Å². The number of carbonyl (C=O) groups excluding carboxylic acids is 2. The van der Waals surface area contributed by atoms with Crippen LogP contribution in [0.3, 0.4) is 0 Å². The van der Waals surface area contributed by atoms with E-state index in [2.05, 4.69) is 16.6 Å². The van der Waals surface area contributed by atoms with Crippen molar-refractivity contribution >= 4 is 11.8 Å². The molecular weight excluding hydrogens is 156 g/mol. The molecule has 0 radical (unpaired) electrons. The highest BCUT2D eigenvalue weighted by Gasteiger charge is 2.27. The van der Waals surface area contributed by atoms with E-state index in [4.69, 9.17) is 6.42 Å². The Morgan fingerprint density at radius 1 is 1.83 bits per heavy atom. The molecule has 1 saturated heterocycles. The van der Waals surface area contributed by atoms with E-state index in [-0.39, 0.29) is 30.7 Å². The molecule has 0 bridgehead atoms. The summed E-state index contributed by atoms with van der Waals surface area (Å²) in [5, 5.41) is 5.10. The lowest BCUT2D eigenvalue weighted by atomic mass is 10.1. The van der Waals surface area contributed by atoms with Crippen LogP contribution in [0.15, 0.2) is 0 Å². The van der Waals surface area contributed by atoms with Crippen LogP contribution in [0.1, 0.15) is 6.42 Å². The van der Waals surface area contributed by atoms with Gasteiger partial charge in [-0.15, -0.1) is 6.42 Å². The molecule has 2 amide bonds. The molecule has 1 rings (SSSR count). The number of hydrogen-bond acceptors (Lipinski definition) is 2. The van der Waals surface area contributed by atoms with E-state index in [1.807, 2.05) is 0 Å². The van der Waals surface area contributed by atoms with Gasteiger partial charge in [0.25, 0.3) is 0 Å². The van der Waals surface area contributed by atoms with Crippen LogP contribution < -0.4 is 10.6 Å². The van der Waals surface area contributed by atoms with Gasteiger partial charge in [0.2, 0.25) is 11.8 Å². The summed E-state index contributed by atoms with van der Waals surface area (Å²) in [6, 6.07) is 0. The van der Waals surface area contributed by atoms with Gasteiger partial charge in [0.05, 0.1) is 12.5 Å². The topological polar surface area (TPSA) is 58.2 Å². The lowest BCUT2D eigenvalue weighted by molar-refractivity contribution is -0.126. The van der Waals surface area contributed by atoms with E-state index in [1.165, 1.54) is 0 Å². The van der Waals surface area contributed by atoms with Crippen molar-refractivity contribution in [3.8, 4) is 12.3 Å². The highest BCUT2D eigenvalue weighted by atomic mass is 16.2. The molecule has 1 unspecified atom stereocenters. The highest BCUT2D eigenvalue weighted by Crippen LogP contribution is 2.07. The van der Waals surface area contributed by atoms with Crippen LogP contribution in [0.4, 0.5) is 0 Å². The Morgan fingerprint density at radius 2 is 2.58 bits per heavy atom. The predicted octanol–water partition coefficient (Wildman–Crippen LogP) is -1.13. The largest absolute Gasteiger partial charge is 0.355 e. The number of amides is 2. The number of nitrogens with one attached hydrogen (secondary N) is 2. The van der Waals surface area contributed by atoms with E-state index in [0.717, 1.165) is 0 Å². The van der Waals surface area contributed by atoms with E-state index >= 15 is 0 Å². The lowest BCUT2D eigenvalue weighted by Crippen LogP contribution is -2.31.